The average molecular weight is 649 g/mol. The van der Waals surface area contributed by atoms with E-state index >= 15 is 0 Å². The molecule has 238 valence electrons. The lowest BCUT2D eigenvalue weighted by atomic mass is 9.47. The zero-order valence-electron chi connectivity index (χ0n) is 28.1. The van der Waals surface area contributed by atoms with Crippen LogP contribution in [0.15, 0.2) is 146 Å². The predicted octanol–water partition coefficient (Wildman–Crippen LogP) is 9.86. The molecule has 4 aliphatic rings. The summed E-state index contributed by atoms with van der Waals surface area (Å²) in [6, 6.07) is 54.0. The summed E-state index contributed by atoms with van der Waals surface area (Å²) in [6.07, 6.45) is 2.52. The Morgan fingerprint density at radius 1 is 0.431 bits per heavy atom. The van der Waals surface area contributed by atoms with E-state index in [-0.39, 0.29) is 0 Å². The van der Waals surface area contributed by atoms with Gasteiger partial charge in [-0.25, -0.2) is 0 Å². The zero-order chi connectivity index (χ0) is 34.0. The van der Waals surface area contributed by atoms with Crippen molar-refractivity contribution in [1.82, 2.24) is 0 Å². The molecule has 1 heterocycles. The zero-order valence-corrected chi connectivity index (χ0v) is 28.1. The second kappa shape index (κ2) is 11.3. The molecule has 0 aromatic heterocycles. The first-order chi connectivity index (χ1) is 25.2. The van der Waals surface area contributed by atoms with Gasteiger partial charge in [0, 0.05) is 40.7 Å². The fourth-order valence-corrected chi connectivity index (χ4v) is 9.12. The van der Waals surface area contributed by atoms with Crippen LogP contribution in [0.2, 0.25) is 0 Å². The van der Waals surface area contributed by atoms with E-state index < -0.39 is 10.8 Å². The molecule has 11 rings (SSSR count). The van der Waals surface area contributed by atoms with E-state index in [1.165, 1.54) is 51.9 Å². The smallest absolute Gasteiger partial charge is 0.108 e. The van der Waals surface area contributed by atoms with Gasteiger partial charge in [0.15, 0.2) is 0 Å². The molecule has 1 saturated heterocycles. The molecule has 7 aromatic carbocycles. The summed E-state index contributed by atoms with van der Waals surface area (Å²) in [7, 11) is 0. The maximum atomic E-state index is 10.3. The van der Waals surface area contributed by atoms with E-state index in [0.29, 0.717) is 5.56 Å². The predicted molar refractivity (Wildman–Crippen MR) is 207 cm³/mol. The first kappa shape index (κ1) is 29.4. The molecule has 3 aliphatic carbocycles. The average Bonchev–Trinajstić information content (AvgIpc) is 3.75. The van der Waals surface area contributed by atoms with Crippen molar-refractivity contribution < 1.29 is 0 Å². The molecule has 51 heavy (non-hydrogen) atoms. The molecule has 7 aromatic rings. The van der Waals surface area contributed by atoms with Crippen LogP contribution in [0.25, 0.3) is 21.5 Å². The van der Waals surface area contributed by atoms with Crippen molar-refractivity contribution in [3.8, 4) is 29.8 Å². The second-order valence-electron chi connectivity index (χ2n) is 13.8. The molecule has 0 radical (unpaired) electrons. The number of nitriles is 1. The third kappa shape index (κ3) is 4.07. The Balaban J connectivity index is 1.24. The van der Waals surface area contributed by atoms with E-state index in [1.807, 2.05) is 36.4 Å². The Labute approximate surface area is 298 Å². The van der Waals surface area contributed by atoms with Gasteiger partial charge in [-0.2, -0.15) is 5.26 Å². The molecule has 2 heteroatoms. The SMILES string of the molecule is N#Cc1c2ccccc2c(C#CC23c4ccccc4C(C#Cc4ccc(N5CCCC5)cc4)(c4ccccc42)c2ccccc23)c2ccccc12. The van der Waals surface area contributed by atoms with Gasteiger partial charge in [0.05, 0.1) is 5.56 Å². The quantitative estimate of drug-likeness (QED) is 0.131. The van der Waals surface area contributed by atoms with Crippen LogP contribution in [0.1, 0.15) is 62.9 Å². The number of fused-ring (bicyclic) bond motifs is 2. The largest absolute Gasteiger partial charge is 0.372 e. The minimum absolute atomic E-state index is 0.658. The summed E-state index contributed by atoms with van der Waals surface area (Å²) in [6.45, 7) is 2.25. The van der Waals surface area contributed by atoms with Crippen LogP contribution in [0.5, 0.6) is 0 Å². The molecule has 1 aliphatic heterocycles. The first-order valence-electron chi connectivity index (χ1n) is 17.8. The summed E-state index contributed by atoms with van der Waals surface area (Å²) in [5, 5.41) is 14.1. The Bertz CT molecular complexity index is 2560. The standard InChI is InChI=1S/C49H32N2/c50-33-41-38-15-3-1-13-36(38)40(37-14-2-4-16-39(37)41)28-30-49-45-20-8-5-17-42(45)48(43-18-6-9-21-46(43)49,44-19-7-10-22-47(44)49)29-27-34-23-25-35(26-24-34)51-31-11-12-32-51/h1-10,13-26H,11-12,31-32H2. The Kier molecular flexibility index (Phi) is 6.49. The monoisotopic (exact) mass is 648 g/mol. The lowest BCUT2D eigenvalue weighted by molar-refractivity contribution is 0.605. The number of hydrogen-bond acceptors (Lipinski definition) is 2. The van der Waals surface area contributed by atoms with Crippen LogP contribution < -0.4 is 4.90 Å². The van der Waals surface area contributed by atoms with Crippen molar-refractivity contribution in [3.05, 3.63) is 196 Å². The van der Waals surface area contributed by atoms with Crippen molar-refractivity contribution >= 4 is 27.2 Å². The van der Waals surface area contributed by atoms with E-state index in [4.69, 9.17) is 0 Å². The molecule has 1 fully saturated rings. The maximum Gasteiger partial charge on any atom is 0.108 e. The highest BCUT2D eigenvalue weighted by Gasteiger charge is 2.57. The summed E-state index contributed by atoms with van der Waals surface area (Å²) < 4.78 is 0. The van der Waals surface area contributed by atoms with Gasteiger partial charge in [0.2, 0.25) is 0 Å². The molecular formula is C49H32N2. The lowest BCUT2D eigenvalue weighted by Gasteiger charge is -2.52. The molecule has 0 unspecified atom stereocenters. The molecule has 2 nitrogen and oxygen atoms in total. The van der Waals surface area contributed by atoms with Crippen LogP contribution in [0.4, 0.5) is 5.69 Å². The molecule has 0 amide bonds. The molecule has 0 atom stereocenters. The van der Waals surface area contributed by atoms with Crippen molar-refractivity contribution in [2.75, 3.05) is 18.0 Å². The summed E-state index contributed by atoms with van der Waals surface area (Å²) in [5.41, 5.74) is 9.64. The molecule has 0 saturated carbocycles. The van der Waals surface area contributed by atoms with Gasteiger partial charge < -0.3 is 4.90 Å². The number of benzene rings is 7. The van der Waals surface area contributed by atoms with Crippen LogP contribution in [-0.4, -0.2) is 13.1 Å². The van der Waals surface area contributed by atoms with Crippen molar-refractivity contribution in [2.24, 2.45) is 0 Å². The van der Waals surface area contributed by atoms with Gasteiger partial charge in [-0.05, 0) is 81.3 Å². The third-order valence-electron chi connectivity index (χ3n) is 11.4. The third-order valence-corrected chi connectivity index (χ3v) is 11.4. The van der Waals surface area contributed by atoms with E-state index in [9.17, 15) is 5.26 Å². The number of rotatable bonds is 1. The van der Waals surface area contributed by atoms with Crippen LogP contribution in [-0.2, 0) is 10.8 Å². The Hall–Kier alpha value is -6.53. The highest BCUT2D eigenvalue weighted by Crippen LogP contribution is 2.61. The van der Waals surface area contributed by atoms with E-state index in [0.717, 1.165) is 45.8 Å². The Morgan fingerprint density at radius 2 is 0.804 bits per heavy atom. The van der Waals surface area contributed by atoms with Gasteiger partial charge in [-0.3, -0.25) is 0 Å². The topological polar surface area (TPSA) is 27.0 Å². The van der Waals surface area contributed by atoms with Gasteiger partial charge in [-0.15, -0.1) is 0 Å². The lowest BCUT2D eigenvalue weighted by Crippen LogP contribution is -2.49. The van der Waals surface area contributed by atoms with Gasteiger partial charge >= 0.3 is 0 Å². The van der Waals surface area contributed by atoms with Crippen molar-refractivity contribution in [3.63, 3.8) is 0 Å². The maximum absolute atomic E-state index is 10.3. The number of nitrogens with zero attached hydrogens (tertiary/aromatic N) is 2. The fraction of sp³-hybridized carbons (Fsp3) is 0.122. The van der Waals surface area contributed by atoms with Crippen LogP contribution in [0, 0.1) is 35.0 Å². The fourth-order valence-electron chi connectivity index (χ4n) is 9.12. The summed E-state index contributed by atoms with van der Waals surface area (Å²) in [5.74, 6) is 15.3. The van der Waals surface area contributed by atoms with E-state index in [2.05, 4.69) is 144 Å². The van der Waals surface area contributed by atoms with Crippen LogP contribution in [0.3, 0.4) is 0 Å². The van der Waals surface area contributed by atoms with Crippen molar-refractivity contribution in [1.29, 1.82) is 5.26 Å². The van der Waals surface area contributed by atoms with Gasteiger partial charge in [0.25, 0.3) is 0 Å². The highest BCUT2D eigenvalue weighted by molar-refractivity contribution is 6.09. The molecule has 0 N–H and O–H groups in total. The highest BCUT2D eigenvalue weighted by atomic mass is 15.1. The van der Waals surface area contributed by atoms with Gasteiger partial charge in [-0.1, -0.05) is 145 Å². The normalized spacial score (nSPS) is 19.2. The summed E-state index contributed by atoms with van der Waals surface area (Å²) >= 11 is 0. The number of hydrogen-bond donors (Lipinski definition) is 0. The molecule has 0 spiro atoms. The minimum Gasteiger partial charge on any atom is -0.372 e. The Morgan fingerprint density at radius 3 is 1.22 bits per heavy atom. The van der Waals surface area contributed by atoms with Gasteiger partial charge in [0.1, 0.15) is 16.9 Å². The minimum atomic E-state index is -0.722. The van der Waals surface area contributed by atoms with E-state index in [1.54, 1.807) is 0 Å². The van der Waals surface area contributed by atoms with Crippen LogP contribution >= 0.6 is 0 Å². The van der Waals surface area contributed by atoms with Crippen molar-refractivity contribution in [2.45, 2.75) is 23.7 Å². The first-order valence-corrected chi connectivity index (χ1v) is 17.8. The molecule has 2 bridgehead atoms. The summed E-state index contributed by atoms with van der Waals surface area (Å²) in [4.78, 5) is 2.46. The second-order valence-corrected chi connectivity index (χ2v) is 13.8. The number of anilines is 1. The molecular weight excluding hydrogens is 617 g/mol.